The van der Waals surface area contributed by atoms with Gasteiger partial charge in [0.25, 0.3) is 0 Å². The summed E-state index contributed by atoms with van der Waals surface area (Å²) in [6.07, 6.45) is 0. The molecule has 0 unspecified atom stereocenters. The van der Waals surface area contributed by atoms with Crippen LogP contribution in [0.4, 0.5) is 34.1 Å². The Morgan fingerprint density at radius 3 is 1.58 bits per heavy atom. The fourth-order valence-corrected chi connectivity index (χ4v) is 10.4. The molecule has 1 aliphatic rings. The smallest absolute Gasteiger partial charge is 0.138 e. The average Bonchev–Trinajstić information content (AvgIpc) is 3.72. The van der Waals surface area contributed by atoms with E-state index in [0.717, 1.165) is 62.0 Å². The number of ether oxygens (including phenoxy) is 1. The Morgan fingerprint density at radius 2 is 0.855 bits per heavy atom. The van der Waals surface area contributed by atoms with Crippen LogP contribution in [0.25, 0.3) is 64.3 Å². The molecule has 0 radical (unpaired) electrons. The lowest BCUT2D eigenvalue weighted by Gasteiger charge is -2.30. The predicted octanol–water partition coefficient (Wildman–Crippen LogP) is 17.3. The molecule has 0 atom stereocenters. The van der Waals surface area contributed by atoms with Crippen LogP contribution in [0.1, 0.15) is 0 Å². The highest BCUT2D eigenvalue weighted by molar-refractivity contribution is 7.26. The molecule has 11 aromatic rings. The van der Waals surface area contributed by atoms with E-state index in [1.54, 1.807) is 0 Å². The van der Waals surface area contributed by atoms with Crippen LogP contribution in [-0.4, -0.2) is 0 Å². The number of fused-ring (bicyclic) bond motifs is 5. The van der Waals surface area contributed by atoms with Crippen molar-refractivity contribution >= 4 is 76.4 Å². The topological polar surface area (TPSA) is 15.7 Å². The van der Waals surface area contributed by atoms with Gasteiger partial charge < -0.3 is 14.5 Å². The number of thiophene rings is 1. The van der Waals surface area contributed by atoms with Crippen LogP contribution in [0.2, 0.25) is 0 Å². The van der Waals surface area contributed by atoms with Gasteiger partial charge in [-0.3, -0.25) is 0 Å². The molecular weight excluding hydrogens is 773 g/mol. The van der Waals surface area contributed by atoms with Crippen LogP contribution in [0.3, 0.4) is 0 Å². The average molecular weight is 811 g/mol. The molecule has 12 rings (SSSR count). The third-order valence-corrected chi connectivity index (χ3v) is 13.2. The molecule has 62 heavy (non-hydrogen) atoms. The molecule has 0 saturated carbocycles. The van der Waals surface area contributed by atoms with Gasteiger partial charge in [-0.05, 0) is 106 Å². The van der Waals surface area contributed by atoms with Gasteiger partial charge >= 0.3 is 0 Å². The molecule has 0 N–H and O–H groups in total. The van der Waals surface area contributed by atoms with E-state index >= 15 is 0 Å². The molecule has 0 bridgehead atoms. The summed E-state index contributed by atoms with van der Waals surface area (Å²) < 4.78 is 9.67. The summed E-state index contributed by atoms with van der Waals surface area (Å²) >= 11 is 1.87. The highest BCUT2D eigenvalue weighted by atomic mass is 32.1. The third kappa shape index (κ3) is 6.20. The van der Waals surface area contributed by atoms with E-state index in [4.69, 9.17) is 4.74 Å². The summed E-state index contributed by atoms with van der Waals surface area (Å²) in [4.78, 5) is 4.63. The van der Waals surface area contributed by atoms with Crippen molar-refractivity contribution in [2.45, 2.75) is 0 Å². The second-order valence-electron chi connectivity index (χ2n) is 15.7. The lowest BCUT2D eigenvalue weighted by molar-refractivity contribution is 0.487. The number of rotatable bonds is 8. The van der Waals surface area contributed by atoms with Gasteiger partial charge in [-0.1, -0.05) is 146 Å². The van der Waals surface area contributed by atoms with Crippen molar-refractivity contribution in [3.63, 3.8) is 0 Å². The van der Waals surface area contributed by atoms with Crippen molar-refractivity contribution in [2.75, 3.05) is 9.80 Å². The highest BCUT2D eigenvalue weighted by Gasteiger charge is 2.25. The molecule has 292 valence electrons. The molecule has 4 heteroatoms. The van der Waals surface area contributed by atoms with Gasteiger partial charge in [0.05, 0.1) is 5.69 Å². The molecule has 3 nitrogen and oxygen atoms in total. The summed E-state index contributed by atoms with van der Waals surface area (Å²) in [7, 11) is 0. The van der Waals surface area contributed by atoms with E-state index in [2.05, 4.69) is 240 Å². The van der Waals surface area contributed by atoms with Crippen LogP contribution in [-0.2, 0) is 0 Å². The van der Waals surface area contributed by atoms with E-state index in [1.165, 1.54) is 48.0 Å². The number of hydrogen-bond donors (Lipinski definition) is 0. The Morgan fingerprint density at radius 1 is 0.323 bits per heavy atom. The normalized spacial score (nSPS) is 11.7. The van der Waals surface area contributed by atoms with Gasteiger partial charge in [0.2, 0.25) is 0 Å². The second kappa shape index (κ2) is 15.0. The van der Waals surface area contributed by atoms with E-state index in [0.29, 0.717) is 0 Å². The first-order chi connectivity index (χ1) is 30.7. The van der Waals surface area contributed by atoms with Gasteiger partial charge in [0.1, 0.15) is 11.5 Å². The number of hydrogen-bond acceptors (Lipinski definition) is 4. The zero-order valence-electron chi connectivity index (χ0n) is 33.7. The maximum Gasteiger partial charge on any atom is 0.138 e. The summed E-state index contributed by atoms with van der Waals surface area (Å²) in [6, 6.07) is 82.6. The Kier molecular flexibility index (Phi) is 8.68. The van der Waals surface area contributed by atoms with Gasteiger partial charge in [-0.25, -0.2) is 0 Å². The summed E-state index contributed by atoms with van der Waals surface area (Å²) in [6.45, 7) is 0. The minimum atomic E-state index is 0.829. The molecular formula is C58H38N2OS. The maximum atomic E-state index is 7.04. The minimum Gasteiger partial charge on any atom is -0.456 e. The lowest BCUT2D eigenvalue weighted by atomic mass is 9.93. The fourth-order valence-electron chi connectivity index (χ4n) is 9.13. The lowest BCUT2D eigenvalue weighted by Crippen LogP contribution is -2.11. The number of para-hydroxylation sites is 2. The molecule has 0 amide bonds. The van der Waals surface area contributed by atoms with Gasteiger partial charge in [-0.15, -0.1) is 11.3 Å². The number of anilines is 6. The molecule has 1 aliphatic heterocycles. The molecule has 0 spiro atoms. The first kappa shape index (κ1) is 36.0. The van der Waals surface area contributed by atoms with E-state index in [9.17, 15) is 0 Å². The van der Waals surface area contributed by atoms with Crippen molar-refractivity contribution in [1.82, 2.24) is 0 Å². The maximum absolute atomic E-state index is 7.04. The first-order valence-corrected chi connectivity index (χ1v) is 21.8. The summed E-state index contributed by atoms with van der Waals surface area (Å²) in [5.41, 5.74) is 13.4. The largest absolute Gasteiger partial charge is 0.456 e. The molecule has 2 heterocycles. The van der Waals surface area contributed by atoms with Crippen molar-refractivity contribution in [3.05, 3.63) is 231 Å². The van der Waals surface area contributed by atoms with Gasteiger partial charge in [0, 0.05) is 71.7 Å². The standard InChI is InChI=1S/C58H38N2OS/c1-4-14-39(15-5-1)40-26-30-45(31-27-40)60(46-32-28-41(29-33-46)49-22-13-24-53-51-21-10-11-25-56(51)62-58(49)53)48-36-42-16-12-23-52-50-35-34-47(37-54(50)61-55(38-48)57(42)52)59(43-17-6-2-7-18-43)44-19-8-3-9-20-44/h1-38H. The van der Waals surface area contributed by atoms with E-state index < -0.39 is 0 Å². The monoisotopic (exact) mass is 810 g/mol. The molecule has 0 saturated heterocycles. The number of nitrogens with zero attached hydrogens (tertiary/aromatic N) is 2. The van der Waals surface area contributed by atoms with Crippen LogP contribution in [0, 0.1) is 0 Å². The summed E-state index contributed by atoms with van der Waals surface area (Å²) in [5, 5.41) is 4.85. The van der Waals surface area contributed by atoms with Crippen molar-refractivity contribution in [1.29, 1.82) is 0 Å². The molecule has 10 aromatic carbocycles. The van der Waals surface area contributed by atoms with Crippen LogP contribution < -0.4 is 14.5 Å². The minimum absolute atomic E-state index is 0.829. The second-order valence-corrected chi connectivity index (χ2v) is 16.8. The van der Waals surface area contributed by atoms with Gasteiger partial charge in [0.15, 0.2) is 0 Å². The van der Waals surface area contributed by atoms with Crippen LogP contribution >= 0.6 is 11.3 Å². The van der Waals surface area contributed by atoms with E-state index in [-0.39, 0.29) is 0 Å². The fraction of sp³-hybridized carbons (Fsp3) is 0. The Labute approximate surface area is 364 Å². The molecule has 0 aliphatic carbocycles. The number of benzene rings is 10. The third-order valence-electron chi connectivity index (χ3n) is 12.0. The summed E-state index contributed by atoms with van der Waals surface area (Å²) in [5.74, 6) is 1.66. The zero-order chi connectivity index (χ0) is 41.0. The van der Waals surface area contributed by atoms with Gasteiger partial charge in [-0.2, -0.15) is 0 Å². The first-order valence-electron chi connectivity index (χ1n) is 21.0. The predicted molar refractivity (Wildman–Crippen MR) is 263 cm³/mol. The van der Waals surface area contributed by atoms with Crippen molar-refractivity contribution in [2.24, 2.45) is 0 Å². The Hall–Kier alpha value is -7.92. The van der Waals surface area contributed by atoms with Crippen molar-refractivity contribution < 1.29 is 4.74 Å². The van der Waals surface area contributed by atoms with Crippen molar-refractivity contribution in [3.8, 4) is 44.9 Å². The highest BCUT2D eigenvalue weighted by Crippen LogP contribution is 2.51. The van der Waals surface area contributed by atoms with Crippen LogP contribution in [0.5, 0.6) is 11.5 Å². The molecule has 1 aromatic heterocycles. The van der Waals surface area contributed by atoms with E-state index in [1.807, 2.05) is 11.3 Å². The van der Waals surface area contributed by atoms with Crippen LogP contribution in [0.15, 0.2) is 231 Å². The SMILES string of the molecule is c1ccc(-c2ccc(N(c3ccc(-c4cccc5c4sc4ccccc45)cc3)c3cc4c5c(cccc5c3)-c3ccc(N(c5ccccc5)c5ccccc5)cc3O4)cc2)cc1. The zero-order valence-corrected chi connectivity index (χ0v) is 34.5. The molecule has 0 fully saturated rings. The quantitative estimate of drug-likeness (QED) is 0.152. The Bertz CT molecular complexity index is 3380. The Balaban J connectivity index is 0.978.